The lowest BCUT2D eigenvalue weighted by atomic mass is 10.0. The summed E-state index contributed by atoms with van der Waals surface area (Å²) in [6, 6.07) is 11.1. The summed E-state index contributed by atoms with van der Waals surface area (Å²) in [5, 5.41) is 8.56. The molecule has 4 aromatic rings. The number of pyridine rings is 1. The predicted octanol–water partition coefficient (Wildman–Crippen LogP) is 4.02. The predicted molar refractivity (Wildman–Crippen MR) is 122 cm³/mol. The number of hydrogen-bond acceptors (Lipinski definition) is 8. The minimum atomic E-state index is -0.112. The highest BCUT2D eigenvalue weighted by Gasteiger charge is 2.29. The molecule has 1 fully saturated rings. The van der Waals surface area contributed by atoms with Crippen LogP contribution in [0.25, 0.3) is 22.6 Å². The number of carbonyl (C=O) groups excluding carboxylic acids is 1. The Hall–Kier alpha value is -3.72. The summed E-state index contributed by atoms with van der Waals surface area (Å²) in [5.41, 5.74) is 2.40. The van der Waals surface area contributed by atoms with E-state index in [4.69, 9.17) is 20.6 Å². The summed E-state index contributed by atoms with van der Waals surface area (Å²) < 4.78 is 10.4. The van der Waals surface area contributed by atoms with E-state index in [9.17, 15) is 4.79 Å². The molecule has 0 radical (unpaired) electrons. The number of piperazine rings is 1. The van der Waals surface area contributed by atoms with Crippen molar-refractivity contribution in [2.45, 2.75) is 13.8 Å². The van der Waals surface area contributed by atoms with Crippen LogP contribution in [0, 0.1) is 13.8 Å². The molecule has 168 valence electrons. The average Bonchev–Trinajstić information content (AvgIpc) is 3.45. The molecule has 0 unspecified atom stereocenters. The third-order valence-electron chi connectivity index (χ3n) is 5.63. The van der Waals surface area contributed by atoms with E-state index in [0.717, 1.165) is 11.4 Å². The van der Waals surface area contributed by atoms with Gasteiger partial charge in [-0.15, -0.1) is 0 Å². The van der Waals surface area contributed by atoms with E-state index in [1.54, 1.807) is 26.1 Å². The van der Waals surface area contributed by atoms with E-state index >= 15 is 0 Å². The maximum atomic E-state index is 13.4. The molecule has 0 N–H and O–H groups in total. The summed E-state index contributed by atoms with van der Waals surface area (Å²) in [4.78, 5) is 26.1. The maximum absolute atomic E-state index is 13.4. The van der Waals surface area contributed by atoms with Crippen molar-refractivity contribution in [3.8, 4) is 22.6 Å². The van der Waals surface area contributed by atoms with Crippen LogP contribution < -0.4 is 4.90 Å². The smallest absolute Gasteiger partial charge is 0.259 e. The standard InChI is InChI=1S/C23H21ClN6O3/c1-14-20(21(27-32-14)17-5-3-4-6-18(17)24)23(31)30-11-9-29(10-12-30)19-8-7-16(13-25-19)22-26-15(2)33-28-22/h3-8,13H,9-12H2,1-2H3. The quantitative estimate of drug-likeness (QED) is 0.446. The minimum Gasteiger partial charge on any atom is -0.360 e. The molecule has 5 rings (SSSR count). The molecule has 0 atom stereocenters. The van der Waals surface area contributed by atoms with Gasteiger partial charge in [-0.2, -0.15) is 4.98 Å². The van der Waals surface area contributed by atoms with Gasteiger partial charge in [0.1, 0.15) is 22.8 Å². The number of nitrogens with zero attached hydrogens (tertiary/aromatic N) is 6. The number of anilines is 1. The van der Waals surface area contributed by atoms with Crippen LogP contribution in [0.5, 0.6) is 0 Å². The van der Waals surface area contributed by atoms with Gasteiger partial charge in [0.2, 0.25) is 11.7 Å². The van der Waals surface area contributed by atoms with Crippen molar-refractivity contribution in [1.82, 2.24) is 25.2 Å². The van der Waals surface area contributed by atoms with Gasteiger partial charge in [0.15, 0.2) is 0 Å². The summed E-state index contributed by atoms with van der Waals surface area (Å²) >= 11 is 6.34. The van der Waals surface area contributed by atoms with E-state index in [2.05, 4.69) is 25.2 Å². The fourth-order valence-electron chi connectivity index (χ4n) is 3.88. The fraction of sp³-hybridized carbons (Fsp3) is 0.261. The molecule has 0 spiro atoms. The van der Waals surface area contributed by atoms with Gasteiger partial charge in [-0.3, -0.25) is 4.79 Å². The summed E-state index contributed by atoms with van der Waals surface area (Å²) in [6.07, 6.45) is 1.73. The van der Waals surface area contributed by atoms with Gasteiger partial charge in [-0.1, -0.05) is 40.1 Å². The highest BCUT2D eigenvalue weighted by Crippen LogP contribution is 2.32. The Morgan fingerprint density at radius 3 is 2.45 bits per heavy atom. The van der Waals surface area contributed by atoms with E-state index < -0.39 is 0 Å². The van der Waals surface area contributed by atoms with Crippen LogP contribution in [0.15, 0.2) is 51.6 Å². The number of halogens is 1. The second-order valence-corrected chi connectivity index (χ2v) is 8.17. The first kappa shape index (κ1) is 21.1. The molecule has 3 aromatic heterocycles. The highest BCUT2D eigenvalue weighted by atomic mass is 35.5. The lowest BCUT2D eigenvalue weighted by Crippen LogP contribution is -2.49. The van der Waals surface area contributed by atoms with Crippen LogP contribution in [0.2, 0.25) is 5.02 Å². The molecule has 10 heteroatoms. The molecule has 0 aliphatic carbocycles. The lowest BCUT2D eigenvalue weighted by molar-refractivity contribution is 0.0745. The molecule has 1 aliphatic rings. The number of carbonyl (C=O) groups is 1. The molecule has 9 nitrogen and oxygen atoms in total. The Balaban J connectivity index is 1.29. The van der Waals surface area contributed by atoms with Crippen molar-refractivity contribution in [3.63, 3.8) is 0 Å². The number of rotatable bonds is 4. The summed E-state index contributed by atoms with van der Waals surface area (Å²) in [6.45, 7) is 5.92. The Labute approximate surface area is 195 Å². The molecular formula is C23H21ClN6O3. The molecule has 0 saturated carbocycles. The molecule has 33 heavy (non-hydrogen) atoms. The van der Waals surface area contributed by atoms with E-state index in [1.807, 2.05) is 35.2 Å². The number of aromatic nitrogens is 4. The Kier molecular flexibility index (Phi) is 5.55. The SMILES string of the molecule is Cc1nc(-c2ccc(N3CCN(C(=O)c4c(-c5ccccc5Cl)noc4C)CC3)nc2)no1. The fourth-order valence-corrected chi connectivity index (χ4v) is 4.10. The van der Waals surface area contributed by atoms with Gasteiger partial charge >= 0.3 is 0 Å². The van der Waals surface area contributed by atoms with Gasteiger partial charge in [0.05, 0.1) is 5.02 Å². The van der Waals surface area contributed by atoms with Crippen LogP contribution >= 0.6 is 11.6 Å². The molecule has 1 aromatic carbocycles. The van der Waals surface area contributed by atoms with Crippen molar-refractivity contribution >= 4 is 23.3 Å². The van der Waals surface area contributed by atoms with Gasteiger partial charge in [-0.25, -0.2) is 4.98 Å². The number of benzene rings is 1. The van der Waals surface area contributed by atoms with Crippen LogP contribution in [-0.4, -0.2) is 57.3 Å². The second-order valence-electron chi connectivity index (χ2n) is 7.76. The average molecular weight is 465 g/mol. The number of hydrogen-bond donors (Lipinski definition) is 0. The molecule has 1 saturated heterocycles. The largest absolute Gasteiger partial charge is 0.360 e. The van der Waals surface area contributed by atoms with Crippen molar-refractivity contribution < 1.29 is 13.8 Å². The molecule has 4 heterocycles. The zero-order chi connectivity index (χ0) is 22.9. The van der Waals surface area contributed by atoms with Crippen LogP contribution in [0.1, 0.15) is 22.0 Å². The van der Waals surface area contributed by atoms with Crippen LogP contribution in [-0.2, 0) is 0 Å². The van der Waals surface area contributed by atoms with Gasteiger partial charge in [0, 0.05) is 50.4 Å². The monoisotopic (exact) mass is 464 g/mol. The molecule has 1 amide bonds. The minimum absolute atomic E-state index is 0.112. The first-order valence-electron chi connectivity index (χ1n) is 10.5. The molecule has 0 bridgehead atoms. The van der Waals surface area contributed by atoms with Gasteiger partial charge in [0.25, 0.3) is 5.91 Å². The zero-order valence-corrected chi connectivity index (χ0v) is 18.9. The van der Waals surface area contributed by atoms with E-state index in [-0.39, 0.29) is 5.91 Å². The van der Waals surface area contributed by atoms with Crippen molar-refractivity contribution in [3.05, 3.63) is 64.8 Å². The van der Waals surface area contributed by atoms with Crippen LogP contribution in [0.3, 0.4) is 0 Å². The third kappa shape index (κ3) is 4.07. The number of amides is 1. The highest BCUT2D eigenvalue weighted by molar-refractivity contribution is 6.33. The zero-order valence-electron chi connectivity index (χ0n) is 18.2. The normalized spacial score (nSPS) is 14.0. The number of aryl methyl sites for hydroxylation is 2. The maximum Gasteiger partial charge on any atom is 0.259 e. The molecule has 1 aliphatic heterocycles. The van der Waals surface area contributed by atoms with Crippen LogP contribution in [0.4, 0.5) is 5.82 Å². The van der Waals surface area contributed by atoms with Gasteiger partial charge in [-0.05, 0) is 25.1 Å². The Morgan fingerprint density at radius 1 is 1.00 bits per heavy atom. The Morgan fingerprint density at radius 2 is 1.79 bits per heavy atom. The van der Waals surface area contributed by atoms with Crippen molar-refractivity contribution in [2.24, 2.45) is 0 Å². The first-order chi connectivity index (χ1) is 16.0. The summed E-state index contributed by atoms with van der Waals surface area (Å²) in [7, 11) is 0. The molecular weight excluding hydrogens is 444 g/mol. The lowest BCUT2D eigenvalue weighted by Gasteiger charge is -2.35. The van der Waals surface area contributed by atoms with Gasteiger partial charge < -0.3 is 18.8 Å². The topological polar surface area (TPSA) is 101 Å². The third-order valence-corrected chi connectivity index (χ3v) is 5.96. The van der Waals surface area contributed by atoms with Crippen molar-refractivity contribution in [2.75, 3.05) is 31.1 Å². The summed E-state index contributed by atoms with van der Waals surface area (Å²) in [5.74, 6) is 2.23. The first-order valence-corrected chi connectivity index (χ1v) is 10.9. The van der Waals surface area contributed by atoms with E-state index in [1.165, 1.54) is 0 Å². The van der Waals surface area contributed by atoms with E-state index in [0.29, 0.717) is 65.5 Å². The Bertz CT molecular complexity index is 1290. The second kappa shape index (κ2) is 8.67. The van der Waals surface area contributed by atoms with Crippen molar-refractivity contribution in [1.29, 1.82) is 0 Å².